The zero-order valence-corrected chi connectivity index (χ0v) is 28.8. The van der Waals surface area contributed by atoms with Crippen LogP contribution in [0.25, 0.3) is 0 Å². The predicted octanol–water partition coefficient (Wildman–Crippen LogP) is 4.90. The van der Waals surface area contributed by atoms with Crippen LogP contribution in [-0.4, -0.2) is 90.7 Å². The summed E-state index contributed by atoms with van der Waals surface area (Å²) in [5.74, 6) is 1.37. The first-order chi connectivity index (χ1) is 23.3. The highest BCUT2D eigenvalue weighted by atomic mass is 32.2. The minimum absolute atomic E-state index is 0.0276. The Balaban J connectivity index is 1.04. The number of benzene rings is 2. The topological polar surface area (TPSA) is 120 Å². The van der Waals surface area contributed by atoms with E-state index in [1.807, 2.05) is 37.3 Å². The van der Waals surface area contributed by atoms with Gasteiger partial charge >= 0.3 is 0 Å². The number of hydrogen-bond donors (Lipinski definition) is 1. The Bertz CT molecular complexity index is 1550. The fourth-order valence-electron chi connectivity index (χ4n) is 6.16. The Morgan fingerprint density at radius 3 is 2.44 bits per heavy atom. The van der Waals surface area contributed by atoms with Crippen LogP contribution < -0.4 is 15.0 Å². The third-order valence-corrected chi connectivity index (χ3v) is 10.4. The molecule has 1 N–H and O–H groups in total. The Morgan fingerprint density at radius 1 is 0.938 bits per heavy atom. The fraction of sp³-hybridized carbons (Fsp3) is 0.500. The summed E-state index contributed by atoms with van der Waals surface area (Å²) < 4.78 is 46.9. The van der Waals surface area contributed by atoms with Gasteiger partial charge in [-0.05, 0) is 80.8 Å². The van der Waals surface area contributed by atoms with E-state index < -0.39 is 10.1 Å². The summed E-state index contributed by atoms with van der Waals surface area (Å²) >= 11 is 0. The zero-order valence-electron chi connectivity index (χ0n) is 28.0. The molecule has 1 aliphatic heterocycles. The van der Waals surface area contributed by atoms with E-state index in [-0.39, 0.29) is 36.0 Å². The summed E-state index contributed by atoms with van der Waals surface area (Å²) in [7, 11) is -2.15. The number of aryl methyl sites for hydroxylation is 1. The number of methoxy groups -OCH3 is 1. The highest BCUT2D eigenvalue weighted by Crippen LogP contribution is 2.32. The molecule has 1 saturated heterocycles. The summed E-state index contributed by atoms with van der Waals surface area (Å²) in [5.41, 5.74) is 3.07. The molecule has 11 nitrogen and oxygen atoms in total. The van der Waals surface area contributed by atoms with Gasteiger partial charge in [-0.15, -0.1) is 0 Å². The number of ether oxygens (including phenoxy) is 3. The minimum Gasteiger partial charge on any atom is -0.465 e. The van der Waals surface area contributed by atoms with E-state index in [1.165, 1.54) is 0 Å². The first-order valence-electron chi connectivity index (χ1n) is 16.8. The van der Waals surface area contributed by atoms with Crippen molar-refractivity contribution in [2.24, 2.45) is 11.8 Å². The standard InChI is InChI=1S/C36H48N4O7S/c1-28-9-15-32(16-10-28)48(42,43)47-26-29-11-13-31(14-12-29)36(41)38-35-30(6-5-18-37-35)17-19-39-20-22-40(23-21-39)33-7-3-4-8-34(33)46-27-45-25-24-44-2/h3-10,15-16,18,29,31H,11-14,17,19-27H2,1-2H3,(H,37,38,41). The molecule has 1 saturated carbocycles. The molecule has 0 spiro atoms. The SMILES string of the molecule is COCCOCOc1ccccc1N1CCN(CCc2cccnc2NC(=O)C2CCC(COS(=O)(=O)c3ccc(C)cc3)CC2)CC1. The van der Waals surface area contributed by atoms with Crippen LogP contribution in [0, 0.1) is 18.8 Å². The van der Waals surface area contributed by atoms with Gasteiger partial charge in [-0.2, -0.15) is 8.42 Å². The van der Waals surface area contributed by atoms with Crippen LogP contribution in [0.2, 0.25) is 0 Å². The molecule has 12 heteroatoms. The van der Waals surface area contributed by atoms with Gasteiger partial charge in [-0.25, -0.2) is 4.98 Å². The van der Waals surface area contributed by atoms with Crippen LogP contribution in [0.4, 0.5) is 11.5 Å². The predicted molar refractivity (Wildman–Crippen MR) is 185 cm³/mol. The summed E-state index contributed by atoms with van der Waals surface area (Å²) in [4.78, 5) is 22.7. The fourth-order valence-corrected chi connectivity index (χ4v) is 7.14. The van der Waals surface area contributed by atoms with Crippen molar-refractivity contribution in [3.63, 3.8) is 0 Å². The molecule has 1 aromatic heterocycles. The average molecular weight is 681 g/mol. The molecule has 0 radical (unpaired) electrons. The molecule has 260 valence electrons. The average Bonchev–Trinajstić information content (AvgIpc) is 3.11. The van der Waals surface area contributed by atoms with Gasteiger partial charge in [0.25, 0.3) is 10.1 Å². The van der Waals surface area contributed by atoms with Crippen molar-refractivity contribution in [1.29, 1.82) is 0 Å². The van der Waals surface area contributed by atoms with Crippen LogP contribution in [0.1, 0.15) is 36.8 Å². The molecule has 3 aromatic rings. The van der Waals surface area contributed by atoms with E-state index >= 15 is 0 Å². The number of nitrogens with zero attached hydrogens (tertiary/aromatic N) is 3. The second-order valence-corrected chi connectivity index (χ2v) is 14.1. The lowest BCUT2D eigenvalue weighted by Gasteiger charge is -2.36. The number of aromatic nitrogens is 1. The van der Waals surface area contributed by atoms with Crippen LogP contribution in [0.3, 0.4) is 0 Å². The maximum absolute atomic E-state index is 13.3. The molecule has 2 aromatic carbocycles. The van der Waals surface area contributed by atoms with Gasteiger partial charge < -0.3 is 24.4 Å². The Labute approximate surface area is 284 Å². The number of piperazine rings is 1. The number of nitrogens with one attached hydrogen (secondary N) is 1. The van der Waals surface area contributed by atoms with Crippen molar-refractivity contribution in [3.8, 4) is 5.75 Å². The molecular weight excluding hydrogens is 632 g/mol. The maximum atomic E-state index is 13.3. The Kier molecular flexibility index (Phi) is 13.2. The highest BCUT2D eigenvalue weighted by Gasteiger charge is 2.29. The first-order valence-corrected chi connectivity index (χ1v) is 18.2. The monoisotopic (exact) mass is 680 g/mol. The number of carbonyl (C=O) groups is 1. The summed E-state index contributed by atoms with van der Waals surface area (Å²) in [5, 5.41) is 3.09. The molecule has 2 aliphatic rings. The molecular formula is C36H48N4O7S. The first kappa shape index (κ1) is 35.7. The van der Waals surface area contributed by atoms with Gasteiger partial charge in [0.05, 0.1) is 30.4 Å². The van der Waals surface area contributed by atoms with E-state index in [1.54, 1.807) is 37.6 Å². The molecule has 1 amide bonds. The summed E-state index contributed by atoms with van der Waals surface area (Å²) in [6.07, 6.45) is 5.34. The van der Waals surface area contributed by atoms with Crippen molar-refractivity contribution in [2.45, 2.75) is 43.9 Å². The van der Waals surface area contributed by atoms with E-state index in [0.717, 1.165) is 74.6 Å². The minimum atomic E-state index is -3.79. The van der Waals surface area contributed by atoms with Crippen LogP contribution in [0.5, 0.6) is 5.75 Å². The molecule has 0 unspecified atom stereocenters. The van der Waals surface area contributed by atoms with Crippen molar-refractivity contribution in [2.75, 3.05) is 76.7 Å². The molecule has 2 fully saturated rings. The quantitative estimate of drug-likeness (QED) is 0.127. The van der Waals surface area contributed by atoms with Gasteiger partial charge in [-0.1, -0.05) is 35.9 Å². The molecule has 2 heterocycles. The van der Waals surface area contributed by atoms with Crippen molar-refractivity contribution >= 4 is 27.5 Å². The van der Waals surface area contributed by atoms with Gasteiger partial charge in [0.1, 0.15) is 11.6 Å². The Morgan fingerprint density at radius 2 is 1.69 bits per heavy atom. The highest BCUT2D eigenvalue weighted by molar-refractivity contribution is 7.86. The lowest BCUT2D eigenvalue weighted by Crippen LogP contribution is -2.47. The number of anilines is 2. The number of rotatable bonds is 16. The normalized spacial score (nSPS) is 18.8. The zero-order chi connectivity index (χ0) is 33.8. The molecule has 5 rings (SSSR count). The third kappa shape index (κ3) is 10.2. The summed E-state index contributed by atoms with van der Waals surface area (Å²) in [6, 6.07) is 18.7. The van der Waals surface area contributed by atoms with E-state index in [4.69, 9.17) is 18.4 Å². The number of para-hydroxylation sites is 2. The van der Waals surface area contributed by atoms with Crippen molar-refractivity contribution in [3.05, 3.63) is 78.0 Å². The van der Waals surface area contributed by atoms with E-state index in [0.29, 0.717) is 31.9 Å². The van der Waals surface area contributed by atoms with Crippen molar-refractivity contribution in [1.82, 2.24) is 9.88 Å². The smallest absolute Gasteiger partial charge is 0.296 e. The molecule has 48 heavy (non-hydrogen) atoms. The van der Waals surface area contributed by atoms with E-state index in [9.17, 15) is 13.2 Å². The van der Waals surface area contributed by atoms with Crippen LogP contribution >= 0.6 is 0 Å². The third-order valence-electron chi connectivity index (χ3n) is 9.12. The Hall–Kier alpha value is -3.55. The van der Waals surface area contributed by atoms with Crippen LogP contribution in [0.15, 0.2) is 71.8 Å². The maximum Gasteiger partial charge on any atom is 0.296 e. The van der Waals surface area contributed by atoms with E-state index in [2.05, 4.69) is 26.2 Å². The number of pyridine rings is 1. The lowest BCUT2D eigenvalue weighted by molar-refractivity contribution is -0.121. The second-order valence-electron chi connectivity index (χ2n) is 12.5. The molecule has 0 atom stereocenters. The lowest BCUT2D eigenvalue weighted by atomic mass is 9.82. The van der Waals surface area contributed by atoms with Crippen molar-refractivity contribution < 1.29 is 31.6 Å². The number of carbonyl (C=O) groups excluding carboxylic acids is 1. The number of hydrogen-bond acceptors (Lipinski definition) is 10. The van der Waals surface area contributed by atoms with Gasteiger partial charge in [0.15, 0.2) is 6.79 Å². The molecule has 0 bridgehead atoms. The summed E-state index contributed by atoms with van der Waals surface area (Å²) in [6.45, 7) is 7.71. The van der Waals surface area contributed by atoms with Gasteiger partial charge in [0.2, 0.25) is 5.91 Å². The van der Waals surface area contributed by atoms with Gasteiger partial charge in [0, 0.05) is 51.9 Å². The molecule has 1 aliphatic carbocycles. The van der Waals surface area contributed by atoms with Crippen LogP contribution in [-0.2, 0) is 35.0 Å². The largest absolute Gasteiger partial charge is 0.465 e. The van der Waals surface area contributed by atoms with Gasteiger partial charge in [-0.3, -0.25) is 13.9 Å². The second kappa shape index (κ2) is 17.7. The number of amides is 1.